The molecule has 0 aliphatic heterocycles. The van der Waals surface area contributed by atoms with E-state index in [-0.39, 0.29) is 12.0 Å². The number of amides is 1. The Balaban J connectivity index is 3.24. The molecule has 0 saturated carbocycles. The van der Waals surface area contributed by atoms with Crippen LogP contribution < -0.4 is 5.32 Å². The van der Waals surface area contributed by atoms with Crippen molar-refractivity contribution in [2.24, 2.45) is 5.92 Å². The van der Waals surface area contributed by atoms with E-state index >= 15 is 0 Å². The lowest BCUT2D eigenvalue weighted by molar-refractivity contribution is 0.0925. The number of hydrogen-bond acceptors (Lipinski definition) is 3. The highest BCUT2D eigenvalue weighted by molar-refractivity contribution is 8.13. The average Bonchev–Trinajstić information content (AvgIpc) is 2.30. The SMILES string of the molecule is CC(C)C(C)NC(=O)c1cc(S(=O)(=O)Cl)cc(F)c1F. The average molecular weight is 326 g/mol. The van der Waals surface area contributed by atoms with Gasteiger partial charge in [0.2, 0.25) is 0 Å². The van der Waals surface area contributed by atoms with Crippen LogP contribution in [0.3, 0.4) is 0 Å². The van der Waals surface area contributed by atoms with Crippen LogP contribution in [0.4, 0.5) is 8.78 Å². The van der Waals surface area contributed by atoms with Crippen LogP contribution >= 0.6 is 10.7 Å². The van der Waals surface area contributed by atoms with E-state index in [4.69, 9.17) is 10.7 Å². The molecule has 0 bridgehead atoms. The van der Waals surface area contributed by atoms with Crippen LogP contribution in [-0.4, -0.2) is 20.4 Å². The molecule has 0 aliphatic carbocycles. The van der Waals surface area contributed by atoms with Gasteiger partial charge in [0.1, 0.15) is 0 Å². The fourth-order valence-corrected chi connectivity index (χ4v) is 2.09. The summed E-state index contributed by atoms with van der Waals surface area (Å²) in [5.41, 5.74) is -0.697. The van der Waals surface area contributed by atoms with Crippen molar-refractivity contribution in [3.8, 4) is 0 Å². The molecule has 112 valence electrons. The number of halogens is 3. The summed E-state index contributed by atoms with van der Waals surface area (Å²) in [4.78, 5) is 11.2. The van der Waals surface area contributed by atoms with Crippen molar-refractivity contribution in [1.29, 1.82) is 0 Å². The molecule has 1 unspecified atom stereocenters. The third-order valence-corrected chi connectivity index (χ3v) is 4.22. The zero-order chi connectivity index (χ0) is 15.7. The van der Waals surface area contributed by atoms with E-state index in [9.17, 15) is 22.0 Å². The van der Waals surface area contributed by atoms with Gasteiger partial charge in [0.15, 0.2) is 11.6 Å². The molecule has 1 amide bonds. The Bertz CT molecular complexity index is 632. The second-order valence-electron chi connectivity index (χ2n) is 4.71. The summed E-state index contributed by atoms with van der Waals surface area (Å²) in [5, 5.41) is 2.46. The fourth-order valence-electron chi connectivity index (χ4n) is 1.32. The van der Waals surface area contributed by atoms with E-state index in [0.29, 0.717) is 12.1 Å². The molecule has 0 spiro atoms. The molecule has 8 heteroatoms. The van der Waals surface area contributed by atoms with E-state index in [1.807, 2.05) is 13.8 Å². The van der Waals surface area contributed by atoms with Gasteiger partial charge in [-0.3, -0.25) is 4.79 Å². The van der Waals surface area contributed by atoms with Crippen molar-refractivity contribution in [2.45, 2.75) is 31.7 Å². The smallest absolute Gasteiger partial charge is 0.261 e. The Labute approximate surface area is 120 Å². The molecule has 4 nitrogen and oxygen atoms in total. The molecule has 0 saturated heterocycles. The highest BCUT2D eigenvalue weighted by Gasteiger charge is 2.23. The van der Waals surface area contributed by atoms with Gasteiger partial charge in [-0.05, 0) is 25.0 Å². The van der Waals surface area contributed by atoms with Crippen molar-refractivity contribution in [1.82, 2.24) is 5.32 Å². The van der Waals surface area contributed by atoms with Crippen LogP contribution in [0, 0.1) is 17.6 Å². The molecule has 1 aromatic carbocycles. The molecular formula is C12H14ClF2NO3S. The van der Waals surface area contributed by atoms with Crippen molar-refractivity contribution >= 4 is 25.6 Å². The van der Waals surface area contributed by atoms with Gasteiger partial charge < -0.3 is 5.32 Å². The van der Waals surface area contributed by atoms with Gasteiger partial charge in [-0.1, -0.05) is 13.8 Å². The first-order chi connectivity index (χ1) is 9.04. The summed E-state index contributed by atoms with van der Waals surface area (Å²) in [7, 11) is 0.810. The molecule has 1 aromatic rings. The minimum absolute atomic E-state index is 0.0757. The van der Waals surface area contributed by atoms with Crippen LogP contribution in [0.25, 0.3) is 0 Å². The maximum atomic E-state index is 13.6. The summed E-state index contributed by atoms with van der Waals surface area (Å²) >= 11 is 0. The third-order valence-electron chi connectivity index (χ3n) is 2.89. The first-order valence-electron chi connectivity index (χ1n) is 5.78. The molecular weight excluding hydrogens is 312 g/mol. The summed E-state index contributed by atoms with van der Waals surface area (Å²) in [6, 6.07) is 0.852. The summed E-state index contributed by atoms with van der Waals surface area (Å²) < 4.78 is 49.2. The van der Waals surface area contributed by atoms with Gasteiger partial charge >= 0.3 is 0 Å². The largest absolute Gasteiger partial charge is 0.349 e. The van der Waals surface area contributed by atoms with Crippen LogP contribution in [0.1, 0.15) is 31.1 Å². The van der Waals surface area contributed by atoms with E-state index in [1.165, 1.54) is 0 Å². The monoisotopic (exact) mass is 325 g/mol. The van der Waals surface area contributed by atoms with Crippen LogP contribution in [0.5, 0.6) is 0 Å². The normalized spacial score (nSPS) is 13.3. The third kappa shape index (κ3) is 3.89. The number of hydrogen-bond donors (Lipinski definition) is 1. The summed E-state index contributed by atoms with van der Waals surface area (Å²) in [6.07, 6.45) is 0. The minimum atomic E-state index is -4.26. The van der Waals surface area contributed by atoms with Crippen LogP contribution in [0.15, 0.2) is 17.0 Å². The Morgan fingerprint density at radius 1 is 1.25 bits per heavy atom. The van der Waals surface area contributed by atoms with E-state index in [0.717, 1.165) is 0 Å². The van der Waals surface area contributed by atoms with Crippen molar-refractivity contribution in [2.75, 3.05) is 0 Å². The summed E-state index contributed by atoms with van der Waals surface area (Å²) in [5.74, 6) is -3.69. The van der Waals surface area contributed by atoms with E-state index in [2.05, 4.69) is 5.32 Å². The highest BCUT2D eigenvalue weighted by atomic mass is 35.7. The fraction of sp³-hybridized carbons (Fsp3) is 0.417. The molecule has 0 fully saturated rings. The maximum absolute atomic E-state index is 13.6. The molecule has 0 aliphatic rings. The van der Waals surface area contributed by atoms with Crippen molar-refractivity contribution in [3.05, 3.63) is 29.3 Å². The number of nitrogens with one attached hydrogen (secondary N) is 1. The maximum Gasteiger partial charge on any atom is 0.261 e. The second kappa shape index (κ2) is 6.05. The van der Waals surface area contributed by atoms with E-state index in [1.54, 1.807) is 6.92 Å². The van der Waals surface area contributed by atoms with Gasteiger partial charge in [-0.15, -0.1) is 0 Å². The predicted octanol–water partition coefficient (Wildman–Crippen LogP) is 2.67. The predicted molar refractivity (Wildman–Crippen MR) is 71.2 cm³/mol. The lowest BCUT2D eigenvalue weighted by Gasteiger charge is -2.17. The first kappa shape index (κ1) is 16.8. The zero-order valence-electron chi connectivity index (χ0n) is 11.1. The first-order valence-corrected chi connectivity index (χ1v) is 8.09. The molecule has 0 radical (unpaired) electrons. The lowest BCUT2D eigenvalue weighted by atomic mass is 10.1. The van der Waals surface area contributed by atoms with Crippen LogP contribution in [-0.2, 0) is 9.05 Å². The zero-order valence-corrected chi connectivity index (χ0v) is 12.6. The Morgan fingerprint density at radius 2 is 1.80 bits per heavy atom. The quantitative estimate of drug-likeness (QED) is 0.866. The number of carbonyl (C=O) groups excluding carboxylic acids is 1. The Kier molecular flexibility index (Phi) is 5.10. The molecule has 0 aromatic heterocycles. The van der Waals surface area contributed by atoms with Gasteiger partial charge in [0, 0.05) is 16.7 Å². The van der Waals surface area contributed by atoms with Crippen molar-refractivity contribution < 1.29 is 22.0 Å². The standard InChI is InChI=1S/C12H14ClF2NO3S/c1-6(2)7(3)16-12(17)9-4-8(20(13,18)19)5-10(14)11(9)15/h4-7H,1-3H3,(H,16,17). The second-order valence-corrected chi connectivity index (χ2v) is 7.28. The number of rotatable bonds is 4. The topological polar surface area (TPSA) is 63.2 Å². The highest BCUT2D eigenvalue weighted by Crippen LogP contribution is 2.22. The van der Waals surface area contributed by atoms with E-state index < -0.39 is 37.1 Å². The Morgan fingerprint density at radius 3 is 2.25 bits per heavy atom. The lowest BCUT2D eigenvalue weighted by Crippen LogP contribution is -2.36. The van der Waals surface area contributed by atoms with Crippen LogP contribution in [0.2, 0.25) is 0 Å². The molecule has 20 heavy (non-hydrogen) atoms. The molecule has 0 heterocycles. The van der Waals surface area contributed by atoms with Gasteiger partial charge in [-0.2, -0.15) is 0 Å². The minimum Gasteiger partial charge on any atom is -0.349 e. The molecule has 1 rings (SSSR count). The Hall–Kier alpha value is -1.21. The number of carbonyl (C=O) groups is 1. The molecule has 1 N–H and O–H groups in total. The van der Waals surface area contributed by atoms with Gasteiger partial charge in [0.05, 0.1) is 10.5 Å². The van der Waals surface area contributed by atoms with Gasteiger partial charge in [0.25, 0.3) is 15.0 Å². The molecule has 1 atom stereocenters. The van der Waals surface area contributed by atoms with Gasteiger partial charge in [-0.25, -0.2) is 17.2 Å². The van der Waals surface area contributed by atoms with Crippen molar-refractivity contribution in [3.63, 3.8) is 0 Å². The summed E-state index contributed by atoms with van der Waals surface area (Å²) in [6.45, 7) is 5.36. The number of benzene rings is 1.